The normalized spacial score (nSPS) is 37.8. The maximum Gasteiger partial charge on any atom is 0.0537 e. The Bertz CT molecular complexity index is 148. The van der Waals surface area contributed by atoms with Gasteiger partial charge in [0, 0.05) is 18.6 Å². The fraction of sp³-hybridized carbons (Fsp3) is 1.00. The summed E-state index contributed by atoms with van der Waals surface area (Å²) in [7, 11) is 0. The van der Waals surface area contributed by atoms with Gasteiger partial charge >= 0.3 is 0 Å². The molecule has 2 nitrogen and oxygen atoms in total. The highest BCUT2D eigenvalue weighted by atomic mass is 16.5. The van der Waals surface area contributed by atoms with Crippen molar-refractivity contribution in [3.05, 3.63) is 0 Å². The molecule has 0 aromatic rings. The quantitative estimate of drug-likeness (QED) is 0.680. The van der Waals surface area contributed by atoms with Gasteiger partial charge in [0.2, 0.25) is 0 Å². The Balaban J connectivity index is 2.00. The molecule has 2 rings (SSSR count). The minimum Gasteiger partial charge on any atom is -0.381 e. The van der Waals surface area contributed by atoms with Crippen LogP contribution in [0.2, 0.25) is 0 Å². The van der Waals surface area contributed by atoms with Crippen molar-refractivity contribution in [1.82, 2.24) is 0 Å². The summed E-state index contributed by atoms with van der Waals surface area (Å²) in [6.45, 7) is 2.71. The molecule has 0 aromatic carbocycles. The Morgan fingerprint density at radius 3 is 2.58 bits per heavy atom. The van der Waals surface area contributed by atoms with Crippen molar-refractivity contribution in [3.8, 4) is 0 Å². The molecule has 0 amide bonds. The van der Waals surface area contributed by atoms with Crippen LogP contribution >= 0.6 is 0 Å². The number of nitrogens with two attached hydrogens (primary N) is 1. The Morgan fingerprint density at radius 2 is 2.17 bits per heavy atom. The molecule has 1 aliphatic heterocycles. The second kappa shape index (κ2) is 3.35. The first-order valence-electron chi connectivity index (χ1n) is 5.15. The van der Waals surface area contributed by atoms with E-state index in [1.165, 1.54) is 32.1 Å². The van der Waals surface area contributed by atoms with Crippen LogP contribution in [-0.4, -0.2) is 19.8 Å². The second-order valence-corrected chi connectivity index (χ2v) is 4.35. The van der Waals surface area contributed by atoms with Crippen molar-refractivity contribution in [2.75, 3.05) is 19.8 Å². The van der Waals surface area contributed by atoms with Gasteiger partial charge in [0.15, 0.2) is 0 Å². The monoisotopic (exact) mass is 169 g/mol. The van der Waals surface area contributed by atoms with E-state index in [0.717, 1.165) is 25.7 Å². The Kier molecular flexibility index (Phi) is 2.37. The number of ether oxygens (including phenoxy) is 1. The van der Waals surface area contributed by atoms with Crippen molar-refractivity contribution < 1.29 is 4.74 Å². The molecule has 1 heterocycles. The molecule has 1 saturated heterocycles. The number of hydrogen-bond acceptors (Lipinski definition) is 2. The third-order valence-corrected chi connectivity index (χ3v) is 3.73. The molecule has 1 saturated carbocycles. The van der Waals surface area contributed by atoms with Gasteiger partial charge < -0.3 is 10.5 Å². The Hall–Kier alpha value is -0.0800. The number of hydrogen-bond donors (Lipinski definition) is 1. The van der Waals surface area contributed by atoms with Crippen molar-refractivity contribution in [3.63, 3.8) is 0 Å². The third-order valence-electron chi connectivity index (χ3n) is 3.73. The van der Waals surface area contributed by atoms with Crippen LogP contribution in [-0.2, 0) is 4.74 Å². The zero-order chi connectivity index (χ0) is 8.44. The summed E-state index contributed by atoms with van der Waals surface area (Å²) in [5.41, 5.74) is 6.24. The van der Waals surface area contributed by atoms with Crippen LogP contribution < -0.4 is 5.73 Å². The molecule has 12 heavy (non-hydrogen) atoms. The predicted octanol–water partition coefficient (Wildman–Crippen LogP) is 1.54. The van der Waals surface area contributed by atoms with Crippen molar-refractivity contribution in [1.29, 1.82) is 0 Å². The van der Waals surface area contributed by atoms with Gasteiger partial charge in [-0.2, -0.15) is 0 Å². The summed E-state index contributed by atoms with van der Waals surface area (Å²) < 4.78 is 5.55. The topological polar surface area (TPSA) is 35.2 Å². The molecule has 0 bridgehead atoms. The summed E-state index contributed by atoms with van der Waals surface area (Å²) in [6, 6.07) is 0. The average molecular weight is 169 g/mol. The summed E-state index contributed by atoms with van der Waals surface area (Å²) in [5, 5.41) is 0. The molecule has 1 aliphatic carbocycles. The van der Waals surface area contributed by atoms with E-state index in [0.29, 0.717) is 5.41 Å². The molecule has 1 unspecified atom stereocenters. The fourth-order valence-corrected chi connectivity index (χ4v) is 2.54. The molecule has 2 aliphatic rings. The van der Waals surface area contributed by atoms with Gasteiger partial charge in [-0.15, -0.1) is 0 Å². The largest absolute Gasteiger partial charge is 0.381 e. The van der Waals surface area contributed by atoms with E-state index in [4.69, 9.17) is 10.5 Å². The van der Waals surface area contributed by atoms with E-state index in [2.05, 4.69) is 0 Å². The first-order chi connectivity index (χ1) is 5.87. The second-order valence-electron chi connectivity index (χ2n) is 4.35. The molecule has 2 heteroatoms. The van der Waals surface area contributed by atoms with Gasteiger partial charge in [-0.05, 0) is 31.6 Å². The SMILES string of the molecule is NCC1(C2CCC2)CCCOC1. The highest BCUT2D eigenvalue weighted by Gasteiger charge is 2.41. The standard InChI is InChI=1S/C10H19NO/c11-7-10(9-3-1-4-9)5-2-6-12-8-10/h9H,1-8,11H2. The first kappa shape index (κ1) is 8.52. The summed E-state index contributed by atoms with van der Waals surface area (Å²) >= 11 is 0. The molecule has 2 N–H and O–H groups in total. The first-order valence-corrected chi connectivity index (χ1v) is 5.15. The number of rotatable bonds is 2. The molecular weight excluding hydrogens is 150 g/mol. The van der Waals surface area contributed by atoms with E-state index in [1.807, 2.05) is 0 Å². The highest BCUT2D eigenvalue weighted by Crippen LogP contribution is 2.45. The van der Waals surface area contributed by atoms with Crippen molar-refractivity contribution in [2.24, 2.45) is 17.1 Å². The Morgan fingerprint density at radius 1 is 1.33 bits per heavy atom. The van der Waals surface area contributed by atoms with Crippen LogP contribution in [0.1, 0.15) is 32.1 Å². The lowest BCUT2D eigenvalue weighted by Crippen LogP contribution is -2.47. The van der Waals surface area contributed by atoms with Crippen molar-refractivity contribution in [2.45, 2.75) is 32.1 Å². The van der Waals surface area contributed by atoms with E-state index in [1.54, 1.807) is 0 Å². The predicted molar refractivity (Wildman–Crippen MR) is 48.9 cm³/mol. The van der Waals surface area contributed by atoms with Crippen LogP contribution in [0.25, 0.3) is 0 Å². The Labute approximate surface area is 74.5 Å². The van der Waals surface area contributed by atoms with E-state index >= 15 is 0 Å². The minimum atomic E-state index is 0.372. The van der Waals surface area contributed by atoms with Crippen LogP contribution in [0.15, 0.2) is 0 Å². The third kappa shape index (κ3) is 1.27. The molecule has 1 atom stereocenters. The van der Waals surface area contributed by atoms with Gasteiger partial charge in [0.05, 0.1) is 6.61 Å². The van der Waals surface area contributed by atoms with Crippen LogP contribution in [0.5, 0.6) is 0 Å². The van der Waals surface area contributed by atoms with E-state index < -0.39 is 0 Å². The summed E-state index contributed by atoms with van der Waals surface area (Å²) in [6.07, 6.45) is 6.70. The van der Waals surface area contributed by atoms with Crippen LogP contribution in [0, 0.1) is 11.3 Å². The highest BCUT2D eigenvalue weighted by molar-refractivity contribution is 4.93. The van der Waals surface area contributed by atoms with Crippen LogP contribution in [0.3, 0.4) is 0 Å². The fourth-order valence-electron chi connectivity index (χ4n) is 2.54. The lowest BCUT2D eigenvalue weighted by Gasteiger charge is -2.46. The maximum atomic E-state index is 5.87. The zero-order valence-electron chi connectivity index (χ0n) is 7.72. The van der Waals surface area contributed by atoms with Gasteiger partial charge in [-0.3, -0.25) is 0 Å². The molecule has 2 fully saturated rings. The average Bonchev–Trinajstić information content (AvgIpc) is 2.03. The minimum absolute atomic E-state index is 0.372. The summed E-state index contributed by atoms with van der Waals surface area (Å²) in [5.74, 6) is 0.878. The molecule has 0 aromatic heterocycles. The van der Waals surface area contributed by atoms with E-state index in [-0.39, 0.29) is 0 Å². The van der Waals surface area contributed by atoms with Crippen LogP contribution in [0.4, 0.5) is 0 Å². The lowest BCUT2D eigenvalue weighted by molar-refractivity contribution is -0.0582. The zero-order valence-corrected chi connectivity index (χ0v) is 7.72. The van der Waals surface area contributed by atoms with Crippen molar-refractivity contribution >= 4 is 0 Å². The molecule has 0 spiro atoms. The van der Waals surface area contributed by atoms with Gasteiger partial charge in [0.25, 0.3) is 0 Å². The van der Waals surface area contributed by atoms with Gasteiger partial charge in [0.1, 0.15) is 0 Å². The van der Waals surface area contributed by atoms with E-state index in [9.17, 15) is 0 Å². The summed E-state index contributed by atoms with van der Waals surface area (Å²) in [4.78, 5) is 0. The maximum absolute atomic E-state index is 5.87. The smallest absolute Gasteiger partial charge is 0.0537 e. The van der Waals surface area contributed by atoms with Gasteiger partial charge in [-0.25, -0.2) is 0 Å². The lowest BCUT2D eigenvalue weighted by atomic mass is 9.63. The molecule has 70 valence electrons. The van der Waals surface area contributed by atoms with Gasteiger partial charge in [-0.1, -0.05) is 6.42 Å². The molecule has 0 radical (unpaired) electrons. The molecular formula is C10H19NO.